The van der Waals surface area contributed by atoms with E-state index in [9.17, 15) is 9.18 Å². The molecule has 0 spiro atoms. The summed E-state index contributed by atoms with van der Waals surface area (Å²) in [5.41, 5.74) is 6.68. The van der Waals surface area contributed by atoms with Gasteiger partial charge < -0.3 is 14.7 Å². The van der Waals surface area contributed by atoms with E-state index >= 15 is 0 Å². The van der Waals surface area contributed by atoms with Crippen molar-refractivity contribution >= 4 is 23.3 Å². The summed E-state index contributed by atoms with van der Waals surface area (Å²) in [6.45, 7) is 15.2. The van der Waals surface area contributed by atoms with Crippen molar-refractivity contribution in [3.05, 3.63) is 64.3 Å². The molecule has 7 nitrogen and oxygen atoms in total. The number of rotatable bonds is 7. The first kappa shape index (κ1) is 27.4. The molecule has 9 heteroatoms. The maximum absolute atomic E-state index is 13.6. The molecule has 0 aliphatic carbocycles. The lowest BCUT2D eigenvalue weighted by Gasteiger charge is -2.42. The van der Waals surface area contributed by atoms with Gasteiger partial charge in [-0.3, -0.25) is 4.68 Å². The number of aromatic nitrogens is 3. The first-order valence-corrected chi connectivity index (χ1v) is 14.2. The topological polar surface area (TPSA) is 76.2 Å². The van der Waals surface area contributed by atoms with Crippen molar-refractivity contribution in [1.82, 2.24) is 19.8 Å². The predicted molar refractivity (Wildman–Crippen MR) is 151 cm³/mol. The average molecular weight is 554 g/mol. The number of benzene rings is 1. The molecule has 0 saturated carbocycles. The molecule has 4 heterocycles. The standard InChI is InChI=1S/C30H37ClFN5O2/c1-6-18(3)12-19(4)30(5,7-2)21-13-20-17-39-35-27(20)28-23-16-36(11-10-26(23)34-37(28)15-21)29(38)33-22-8-9-25(32)24(31)14-22/h8-9,14,17,19,21H,3,6-7,10-13,15-16H2,1-2,4-5H3,(H,33,38). The van der Waals surface area contributed by atoms with Gasteiger partial charge in [-0.1, -0.05) is 63.0 Å². The quantitative estimate of drug-likeness (QED) is 0.307. The van der Waals surface area contributed by atoms with Gasteiger partial charge in [-0.2, -0.15) is 5.10 Å². The van der Waals surface area contributed by atoms with Crippen LogP contribution in [-0.4, -0.2) is 32.4 Å². The molecular formula is C30H37ClFN5O2. The molecule has 39 heavy (non-hydrogen) atoms. The summed E-state index contributed by atoms with van der Waals surface area (Å²) in [7, 11) is 0. The van der Waals surface area contributed by atoms with E-state index in [1.165, 1.54) is 23.8 Å². The lowest BCUT2D eigenvalue weighted by Crippen LogP contribution is -2.38. The lowest BCUT2D eigenvalue weighted by atomic mass is 9.63. The zero-order valence-electron chi connectivity index (χ0n) is 23.2. The zero-order valence-corrected chi connectivity index (χ0v) is 23.9. The van der Waals surface area contributed by atoms with Crippen molar-refractivity contribution in [3.63, 3.8) is 0 Å². The van der Waals surface area contributed by atoms with Gasteiger partial charge in [0.1, 0.15) is 17.8 Å². The molecule has 2 amide bonds. The summed E-state index contributed by atoms with van der Waals surface area (Å²) in [6.07, 6.45) is 6.34. The second-order valence-corrected chi connectivity index (χ2v) is 11.8. The van der Waals surface area contributed by atoms with Gasteiger partial charge in [-0.15, -0.1) is 0 Å². The molecule has 2 aromatic heterocycles. The summed E-state index contributed by atoms with van der Waals surface area (Å²) < 4.78 is 21.2. The number of allylic oxidation sites excluding steroid dienone is 1. The van der Waals surface area contributed by atoms with Crippen LogP contribution >= 0.6 is 11.6 Å². The Morgan fingerprint density at radius 1 is 1.38 bits per heavy atom. The molecule has 0 fully saturated rings. The normalized spacial score (nSPS) is 18.8. The average Bonchev–Trinajstić information content (AvgIpc) is 3.48. The fourth-order valence-corrected chi connectivity index (χ4v) is 6.38. The number of fused-ring (bicyclic) bond motifs is 5. The van der Waals surface area contributed by atoms with Crippen LogP contribution in [0.5, 0.6) is 0 Å². The summed E-state index contributed by atoms with van der Waals surface area (Å²) in [4.78, 5) is 14.9. The number of nitrogens with zero attached hydrogens (tertiary/aromatic N) is 4. The fraction of sp³-hybridized carbons (Fsp3) is 0.500. The van der Waals surface area contributed by atoms with Gasteiger partial charge in [-0.25, -0.2) is 9.18 Å². The van der Waals surface area contributed by atoms with Crippen LogP contribution in [0.25, 0.3) is 11.4 Å². The largest absolute Gasteiger partial charge is 0.364 e. The Bertz CT molecular complexity index is 1400. The van der Waals surface area contributed by atoms with Gasteiger partial charge in [0.05, 0.1) is 23.0 Å². The van der Waals surface area contributed by atoms with Crippen molar-refractivity contribution in [3.8, 4) is 11.4 Å². The van der Waals surface area contributed by atoms with E-state index in [1.54, 1.807) is 11.2 Å². The Hall–Kier alpha value is -3.13. The number of hydrogen-bond acceptors (Lipinski definition) is 4. The number of halogens is 2. The third kappa shape index (κ3) is 5.11. The highest BCUT2D eigenvalue weighted by Crippen LogP contribution is 2.47. The van der Waals surface area contributed by atoms with Crippen molar-refractivity contribution in [2.45, 2.75) is 72.9 Å². The molecule has 2 aliphatic heterocycles. The van der Waals surface area contributed by atoms with Crippen molar-refractivity contribution in [2.75, 3.05) is 11.9 Å². The molecule has 1 aromatic carbocycles. The van der Waals surface area contributed by atoms with Crippen molar-refractivity contribution < 1.29 is 13.7 Å². The predicted octanol–water partition coefficient (Wildman–Crippen LogP) is 7.50. The van der Waals surface area contributed by atoms with Crippen LogP contribution in [0.1, 0.15) is 63.8 Å². The highest BCUT2D eigenvalue weighted by molar-refractivity contribution is 6.31. The number of anilines is 1. The van der Waals surface area contributed by atoms with E-state index in [0.29, 0.717) is 37.0 Å². The van der Waals surface area contributed by atoms with Gasteiger partial charge >= 0.3 is 6.03 Å². The summed E-state index contributed by atoms with van der Waals surface area (Å²) in [5.74, 6) is 0.283. The van der Waals surface area contributed by atoms with Crippen LogP contribution in [0.4, 0.5) is 14.9 Å². The minimum absolute atomic E-state index is 0.0313. The number of nitrogens with one attached hydrogen (secondary N) is 1. The highest BCUT2D eigenvalue weighted by atomic mass is 35.5. The molecule has 0 saturated heterocycles. The van der Waals surface area contributed by atoms with Crippen LogP contribution in [-0.2, 0) is 25.9 Å². The molecule has 2 aliphatic rings. The van der Waals surface area contributed by atoms with Crippen LogP contribution in [0, 0.1) is 23.1 Å². The molecule has 208 valence electrons. The summed E-state index contributed by atoms with van der Waals surface area (Å²) >= 11 is 5.90. The third-order valence-corrected chi connectivity index (χ3v) is 9.49. The number of carbonyl (C=O) groups is 1. The Morgan fingerprint density at radius 2 is 2.18 bits per heavy atom. The van der Waals surface area contributed by atoms with E-state index in [0.717, 1.165) is 60.4 Å². The first-order chi connectivity index (χ1) is 18.6. The Balaban J connectivity index is 1.44. The molecule has 0 radical (unpaired) electrons. The molecule has 5 rings (SSSR count). The van der Waals surface area contributed by atoms with E-state index in [1.807, 2.05) is 0 Å². The molecule has 1 N–H and O–H groups in total. The third-order valence-electron chi connectivity index (χ3n) is 9.20. The van der Waals surface area contributed by atoms with Crippen molar-refractivity contribution in [1.29, 1.82) is 0 Å². The minimum atomic E-state index is -0.523. The van der Waals surface area contributed by atoms with Crippen molar-refractivity contribution in [2.24, 2.45) is 17.3 Å². The Labute approximate surface area is 234 Å². The van der Waals surface area contributed by atoms with E-state index in [4.69, 9.17) is 21.2 Å². The summed E-state index contributed by atoms with van der Waals surface area (Å²) in [5, 5.41) is 12.3. The van der Waals surface area contributed by atoms with Gasteiger partial charge in [0.25, 0.3) is 0 Å². The zero-order chi connectivity index (χ0) is 27.9. The highest BCUT2D eigenvalue weighted by Gasteiger charge is 2.42. The Morgan fingerprint density at radius 3 is 2.90 bits per heavy atom. The van der Waals surface area contributed by atoms with Crippen LogP contribution < -0.4 is 5.32 Å². The van der Waals surface area contributed by atoms with E-state index < -0.39 is 5.82 Å². The van der Waals surface area contributed by atoms with Crippen LogP contribution in [0.2, 0.25) is 5.02 Å². The number of amides is 2. The van der Waals surface area contributed by atoms with Gasteiger partial charge in [0.15, 0.2) is 0 Å². The second kappa shape index (κ2) is 10.8. The lowest BCUT2D eigenvalue weighted by molar-refractivity contribution is 0.0795. The second-order valence-electron chi connectivity index (χ2n) is 11.3. The van der Waals surface area contributed by atoms with Crippen LogP contribution in [0.3, 0.4) is 0 Å². The molecule has 0 bridgehead atoms. The van der Waals surface area contributed by atoms with E-state index in [-0.39, 0.29) is 16.5 Å². The fourth-order valence-electron chi connectivity index (χ4n) is 6.20. The molecule has 3 aromatic rings. The number of urea groups is 1. The van der Waals surface area contributed by atoms with Crippen LogP contribution in [0.15, 0.2) is 41.1 Å². The number of carbonyl (C=O) groups excluding carboxylic acids is 1. The number of hydrogen-bond donors (Lipinski definition) is 1. The van der Waals surface area contributed by atoms with Gasteiger partial charge in [0, 0.05) is 36.3 Å². The smallest absolute Gasteiger partial charge is 0.322 e. The molecular weight excluding hydrogens is 517 g/mol. The minimum Gasteiger partial charge on any atom is -0.364 e. The first-order valence-electron chi connectivity index (χ1n) is 13.8. The molecule has 3 atom stereocenters. The maximum atomic E-state index is 13.6. The van der Waals surface area contributed by atoms with E-state index in [2.05, 4.69) is 49.4 Å². The monoisotopic (exact) mass is 553 g/mol. The molecule has 3 unspecified atom stereocenters. The Kier molecular flexibility index (Phi) is 7.60. The SMILES string of the molecule is C=C(CC)CC(C)C(C)(CC)C1Cc2conc2-c2c3c(nn2C1)CCN(C(=O)Nc1ccc(F)c(Cl)c1)C3. The summed E-state index contributed by atoms with van der Waals surface area (Å²) in [6, 6.07) is 3.90. The van der Waals surface area contributed by atoms with Gasteiger partial charge in [-0.05, 0) is 54.7 Å². The van der Waals surface area contributed by atoms with Gasteiger partial charge in [0.2, 0.25) is 0 Å². The maximum Gasteiger partial charge on any atom is 0.322 e.